The van der Waals surface area contributed by atoms with Gasteiger partial charge in [0, 0.05) is 31.1 Å². The summed E-state index contributed by atoms with van der Waals surface area (Å²) < 4.78 is 0. The molecule has 0 bridgehead atoms. The number of hydrogen-bond donors (Lipinski definition) is 1. The molecule has 1 fully saturated rings. The van der Waals surface area contributed by atoms with Crippen LogP contribution in [-0.4, -0.2) is 28.2 Å². The number of rotatable bonds is 4. The summed E-state index contributed by atoms with van der Waals surface area (Å²) in [5, 5.41) is 3.93. The van der Waals surface area contributed by atoms with Crippen molar-refractivity contribution in [3.63, 3.8) is 0 Å². The van der Waals surface area contributed by atoms with Gasteiger partial charge in [-0.2, -0.15) is 0 Å². The van der Waals surface area contributed by atoms with Crippen molar-refractivity contribution in [2.24, 2.45) is 5.92 Å². The van der Waals surface area contributed by atoms with E-state index in [2.05, 4.69) is 16.4 Å². The van der Waals surface area contributed by atoms with Gasteiger partial charge in [-0.25, -0.2) is 0 Å². The van der Waals surface area contributed by atoms with Crippen molar-refractivity contribution in [3.8, 4) is 0 Å². The van der Waals surface area contributed by atoms with E-state index in [0.717, 1.165) is 22.0 Å². The number of hydrogen-bond acceptors (Lipinski definition) is 3. The van der Waals surface area contributed by atoms with Crippen LogP contribution in [0.25, 0.3) is 10.9 Å². The Labute approximate surface area is 158 Å². The van der Waals surface area contributed by atoms with Crippen LogP contribution in [0.4, 0.5) is 5.69 Å². The molecule has 2 amide bonds. The van der Waals surface area contributed by atoms with Crippen LogP contribution in [0.5, 0.6) is 0 Å². The van der Waals surface area contributed by atoms with Crippen molar-refractivity contribution in [1.82, 2.24) is 9.88 Å². The minimum absolute atomic E-state index is 0.0210. The summed E-state index contributed by atoms with van der Waals surface area (Å²) >= 11 is 0. The number of likely N-dealkylation sites (tertiary alicyclic amines) is 1. The van der Waals surface area contributed by atoms with E-state index in [0.29, 0.717) is 18.8 Å². The van der Waals surface area contributed by atoms with Gasteiger partial charge in [0.1, 0.15) is 0 Å². The van der Waals surface area contributed by atoms with E-state index in [4.69, 9.17) is 0 Å². The van der Waals surface area contributed by atoms with Crippen LogP contribution in [-0.2, 0) is 16.1 Å². The highest BCUT2D eigenvalue weighted by Gasteiger charge is 2.34. The number of anilines is 1. The molecule has 0 saturated carbocycles. The van der Waals surface area contributed by atoms with Gasteiger partial charge in [0.05, 0.1) is 17.1 Å². The zero-order valence-electron chi connectivity index (χ0n) is 15.2. The monoisotopic (exact) mass is 359 g/mol. The van der Waals surface area contributed by atoms with E-state index in [1.807, 2.05) is 55.5 Å². The first-order chi connectivity index (χ1) is 13.1. The lowest BCUT2D eigenvalue weighted by Crippen LogP contribution is -2.28. The van der Waals surface area contributed by atoms with E-state index in [1.165, 1.54) is 0 Å². The number of pyridine rings is 1. The second kappa shape index (κ2) is 7.19. The molecule has 0 radical (unpaired) electrons. The molecule has 1 aromatic heterocycles. The number of fused-ring (bicyclic) bond motifs is 1. The van der Waals surface area contributed by atoms with Gasteiger partial charge in [0.25, 0.3) is 0 Å². The molecule has 0 aliphatic carbocycles. The number of benzene rings is 2. The van der Waals surface area contributed by atoms with Crippen LogP contribution >= 0.6 is 0 Å². The first kappa shape index (κ1) is 17.2. The lowest BCUT2D eigenvalue weighted by Gasteiger charge is -2.17. The number of carbonyl (C=O) groups is 2. The maximum Gasteiger partial charge on any atom is 0.229 e. The number of nitrogens with one attached hydrogen (secondary N) is 1. The largest absolute Gasteiger partial charge is 0.338 e. The summed E-state index contributed by atoms with van der Waals surface area (Å²) in [6.07, 6.45) is 1.95. The van der Waals surface area contributed by atoms with Gasteiger partial charge in [0.15, 0.2) is 0 Å². The molecule has 1 aliphatic rings. The Hall–Kier alpha value is -3.21. The third-order valence-electron chi connectivity index (χ3n) is 4.93. The van der Waals surface area contributed by atoms with Gasteiger partial charge in [-0.3, -0.25) is 14.6 Å². The maximum absolute atomic E-state index is 12.7. The Kier molecular flexibility index (Phi) is 4.59. The van der Waals surface area contributed by atoms with Crippen LogP contribution in [0, 0.1) is 12.8 Å². The van der Waals surface area contributed by atoms with Gasteiger partial charge in [-0.1, -0.05) is 48.0 Å². The molecule has 1 unspecified atom stereocenters. The highest BCUT2D eigenvalue weighted by atomic mass is 16.2. The van der Waals surface area contributed by atoms with Gasteiger partial charge >= 0.3 is 0 Å². The standard InChI is InChI=1S/C22H21N3O2/c1-15-5-2-6-16(11-15)13-25-14-18(12-20(25)26)22(27)24-19-9-3-7-17-8-4-10-23-21(17)19/h2-11,18H,12-14H2,1H3,(H,24,27). The van der Waals surface area contributed by atoms with E-state index in [-0.39, 0.29) is 24.2 Å². The Morgan fingerprint density at radius 1 is 1.19 bits per heavy atom. The molecular formula is C22H21N3O2. The molecule has 4 rings (SSSR count). The minimum Gasteiger partial charge on any atom is -0.338 e. The molecule has 0 spiro atoms. The molecule has 5 heteroatoms. The summed E-state index contributed by atoms with van der Waals surface area (Å²) in [5.41, 5.74) is 3.69. The molecule has 2 aromatic carbocycles. The predicted octanol–water partition coefficient (Wildman–Crippen LogP) is 3.53. The number of para-hydroxylation sites is 1. The number of amides is 2. The Morgan fingerprint density at radius 2 is 2.00 bits per heavy atom. The molecule has 1 N–H and O–H groups in total. The van der Waals surface area contributed by atoms with Gasteiger partial charge in [-0.05, 0) is 24.6 Å². The Morgan fingerprint density at radius 3 is 2.85 bits per heavy atom. The Bertz CT molecular complexity index is 1010. The topological polar surface area (TPSA) is 62.3 Å². The van der Waals surface area contributed by atoms with Crippen molar-refractivity contribution >= 4 is 28.4 Å². The fraction of sp³-hybridized carbons (Fsp3) is 0.227. The van der Waals surface area contributed by atoms with E-state index in [9.17, 15) is 9.59 Å². The fourth-order valence-corrected chi connectivity index (χ4v) is 3.57. The summed E-state index contributed by atoms with van der Waals surface area (Å²) in [5.74, 6) is -0.456. The normalized spacial score (nSPS) is 16.7. The third kappa shape index (κ3) is 3.67. The molecule has 1 atom stereocenters. The quantitative estimate of drug-likeness (QED) is 0.775. The minimum atomic E-state index is -0.346. The average molecular weight is 359 g/mol. The van der Waals surface area contributed by atoms with Crippen molar-refractivity contribution < 1.29 is 9.59 Å². The fourth-order valence-electron chi connectivity index (χ4n) is 3.57. The van der Waals surface area contributed by atoms with Crippen LogP contribution < -0.4 is 5.32 Å². The highest BCUT2D eigenvalue weighted by molar-refractivity contribution is 6.02. The summed E-state index contributed by atoms with van der Waals surface area (Å²) in [6, 6.07) is 17.6. The third-order valence-corrected chi connectivity index (χ3v) is 4.93. The van der Waals surface area contributed by atoms with Crippen LogP contribution in [0.2, 0.25) is 0 Å². The average Bonchev–Trinajstić information content (AvgIpc) is 3.03. The molecule has 136 valence electrons. The number of aromatic nitrogens is 1. The van der Waals surface area contributed by atoms with E-state index in [1.54, 1.807) is 11.1 Å². The number of aryl methyl sites for hydroxylation is 1. The molecule has 1 saturated heterocycles. The number of nitrogens with zero attached hydrogens (tertiary/aromatic N) is 2. The van der Waals surface area contributed by atoms with Crippen molar-refractivity contribution in [3.05, 3.63) is 71.9 Å². The van der Waals surface area contributed by atoms with Crippen LogP contribution in [0.15, 0.2) is 60.8 Å². The molecule has 3 aromatic rings. The van der Waals surface area contributed by atoms with Gasteiger partial charge in [-0.15, -0.1) is 0 Å². The lowest BCUT2D eigenvalue weighted by atomic mass is 10.1. The summed E-state index contributed by atoms with van der Waals surface area (Å²) in [4.78, 5) is 31.2. The van der Waals surface area contributed by atoms with Crippen LogP contribution in [0.3, 0.4) is 0 Å². The predicted molar refractivity (Wildman–Crippen MR) is 105 cm³/mol. The zero-order chi connectivity index (χ0) is 18.8. The number of carbonyl (C=O) groups excluding carboxylic acids is 2. The highest BCUT2D eigenvalue weighted by Crippen LogP contribution is 2.25. The second-order valence-electron chi connectivity index (χ2n) is 7.03. The molecule has 1 aliphatic heterocycles. The van der Waals surface area contributed by atoms with Crippen molar-refractivity contribution in [2.45, 2.75) is 19.9 Å². The summed E-state index contributed by atoms with van der Waals surface area (Å²) in [7, 11) is 0. The summed E-state index contributed by atoms with van der Waals surface area (Å²) in [6.45, 7) is 3.01. The molecular weight excluding hydrogens is 338 g/mol. The Balaban J connectivity index is 1.46. The van der Waals surface area contributed by atoms with E-state index < -0.39 is 0 Å². The van der Waals surface area contributed by atoms with Gasteiger partial charge in [0.2, 0.25) is 11.8 Å². The smallest absolute Gasteiger partial charge is 0.229 e. The molecule has 27 heavy (non-hydrogen) atoms. The van der Waals surface area contributed by atoms with Gasteiger partial charge < -0.3 is 10.2 Å². The zero-order valence-corrected chi connectivity index (χ0v) is 15.2. The SMILES string of the molecule is Cc1cccc(CN2CC(C(=O)Nc3cccc4cccnc34)CC2=O)c1. The maximum atomic E-state index is 12.7. The van der Waals surface area contributed by atoms with Crippen LogP contribution in [0.1, 0.15) is 17.5 Å². The second-order valence-corrected chi connectivity index (χ2v) is 7.03. The van der Waals surface area contributed by atoms with Crippen molar-refractivity contribution in [2.75, 3.05) is 11.9 Å². The molecule has 2 heterocycles. The lowest BCUT2D eigenvalue weighted by molar-refractivity contribution is -0.128. The van der Waals surface area contributed by atoms with E-state index >= 15 is 0 Å². The van der Waals surface area contributed by atoms with Crippen molar-refractivity contribution in [1.29, 1.82) is 0 Å². The first-order valence-corrected chi connectivity index (χ1v) is 9.08. The first-order valence-electron chi connectivity index (χ1n) is 9.08. The molecule has 5 nitrogen and oxygen atoms in total.